The van der Waals surface area contributed by atoms with Gasteiger partial charge in [-0.15, -0.1) is 0 Å². The lowest BCUT2D eigenvalue weighted by Gasteiger charge is -2.31. The van der Waals surface area contributed by atoms with Crippen LogP contribution in [-0.2, 0) is 19.2 Å². The molecule has 0 aromatic heterocycles. The molecule has 1 saturated heterocycles. The molecule has 0 saturated carbocycles. The molecule has 1 aromatic rings. The van der Waals surface area contributed by atoms with E-state index < -0.39 is 48.2 Å². The fourth-order valence-corrected chi connectivity index (χ4v) is 3.84. The molecule has 35 heavy (non-hydrogen) atoms. The predicted molar refractivity (Wildman–Crippen MR) is 122 cm³/mol. The van der Waals surface area contributed by atoms with Gasteiger partial charge in [-0.25, -0.2) is 0 Å². The van der Waals surface area contributed by atoms with Gasteiger partial charge in [0.05, 0.1) is 26.7 Å². The second-order valence-electron chi connectivity index (χ2n) is 8.46. The van der Waals surface area contributed by atoms with E-state index in [2.05, 4.69) is 10.6 Å². The van der Waals surface area contributed by atoms with Gasteiger partial charge in [0.15, 0.2) is 11.5 Å². The first-order valence-electron chi connectivity index (χ1n) is 11.1. The Morgan fingerprint density at radius 3 is 2.23 bits per heavy atom. The maximum absolute atomic E-state index is 13.4. The lowest BCUT2D eigenvalue weighted by atomic mass is 10.0. The third-order valence-corrected chi connectivity index (χ3v) is 5.69. The van der Waals surface area contributed by atoms with Crippen LogP contribution in [0.4, 0.5) is 0 Å². The van der Waals surface area contributed by atoms with E-state index in [1.54, 1.807) is 13.8 Å². The summed E-state index contributed by atoms with van der Waals surface area (Å²) in [6.45, 7) is 3.74. The van der Waals surface area contributed by atoms with Crippen LogP contribution in [0.25, 0.3) is 0 Å². The second-order valence-corrected chi connectivity index (χ2v) is 8.46. The monoisotopic (exact) mass is 493 g/mol. The van der Waals surface area contributed by atoms with E-state index >= 15 is 0 Å². The summed E-state index contributed by atoms with van der Waals surface area (Å²) in [7, 11) is 2.64. The highest BCUT2D eigenvalue weighted by molar-refractivity contribution is 5.99. The fraction of sp³-hybridized carbons (Fsp3) is 0.522. The molecule has 2 unspecified atom stereocenters. The molecule has 0 spiro atoms. The third-order valence-electron chi connectivity index (χ3n) is 5.69. The van der Waals surface area contributed by atoms with Gasteiger partial charge in [0.1, 0.15) is 18.4 Å². The molecule has 0 radical (unpaired) electrons. The molecule has 2 rings (SSSR count). The minimum Gasteiger partial charge on any atom is -0.502 e. The lowest BCUT2D eigenvalue weighted by Crippen LogP contribution is -2.56. The summed E-state index contributed by atoms with van der Waals surface area (Å²) in [5.41, 5.74) is 0.0909. The number of rotatable bonds is 11. The Morgan fingerprint density at radius 2 is 1.74 bits per heavy atom. The molecule has 0 bridgehead atoms. The van der Waals surface area contributed by atoms with Crippen molar-refractivity contribution in [2.75, 3.05) is 20.8 Å². The van der Waals surface area contributed by atoms with Gasteiger partial charge in [-0.2, -0.15) is 0 Å². The fourth-order valence-electron chi connectivity index (χ4n) is 3.84. The minimum absolute atomic E-state index is 0.0179. The van der Waals surface area contributed by atoms with Gasteiger partial charge in [-0.05, 0) is 30.9 Å². The van der Waals surface area contributed by atoms with E-state index in [1.807, 2.05) is 0 Å². The molecule has 12 nitrogen and oxygen atoms in total. The lowest BCUT2D eigenvalue weighted by molar-refractivity contribution is -0.142. The van der Waals surface area contributed by atoms with E-state index in [4.69, 9.17) is 14.6 Å². The number of carbonyl (C=O) groups is 5. The molecule has 1 aromatic carbocycles. The van der Waals surface area contributed by atoms with Crippen LogP contribution < -0.4 is 20.1 Å². The normalized spacial score (nSPS) is 16.8. The van der Waals surface area contributed by atoms with Gasteiger partial charge in [-0.3, -0.25) is 19.2 Å². The van der Waals surface area contributed by atoms with Gasteiger partial charge in [0.2, 0.25) is 17.6 Å². The zero-order valence-corrected chi connectivity index (χ0v) is 20.1. The summed E-state index contributed by atoms with van der Waals surface area (Å²) < 4.78 is 10.1. The van der Waals surface area contributed by atoms with Crippen LogP contribution in [0.3, 0.4) is 0 Å². The van der Waals surface area contributed by atoms with Crippen molar-refractivity contribution < 1.29 is 43.7 Å². The van der Waals surface area contributed by atoms with Gasteiger partial charge in [0.25, 0.3) is 5.91 Å². The topological polar surface area (TPSA) is 172 Å². The van der Waals surface area contributed by atoms with Crippen molar-refractivity contribution in [2.45, 2.75) is 51.2 Å². The summed E-state index contributed by atoms with van der Waals surface area (Å²) in [4.78, 5) is 62.4. The number of phenolic OH excluding ortho intramolecular Hbond substituents is 1. The largest absolute Gasteiger partial charge is 0.502 e. The molecule has 0 aliphatic carbocycles. The van der Waals surface area contributed by atoms with E-state index in [-0.39, 0.29) is 35.3 Å². The molecule has 1 aliphatic heterocycles. The highest BCUT2D eigenvalue weighted by atomic mass is 16.5. The molecule has 4 N–H and O–H groups in total. The number of carboxylic acids is 1. The number of ether oxygens (including phenoxy) is 2. The number of carbonyl (C=O) groups excluding carboxylic acids is 4. The standard InChI is InChI=1S/C23H31N3O9/c1-12(2)19(25-21(31)13-8-16(34-3)20(30)17(9-13)35-4)23(33)26-7-5-6-15(26)22(32)24-14(11-27)10-18(28)29/h8-9,11-12,14-15,19,30H,5-7,10H2,1-4H3,(H,24,32)(H,25,31)(H,28,29)/t14?,15?,19-/m0/s1. The molecule has 1 aliphatic rings. The average molecular weight is 494 g/mol. The van der Waals surface area contributed by atoms with Crippen molar-refractivity contribution in [3.05, 3.63) is 17.7 Å². The summed E-state index contributed by atoms with van der Waals surface area (Å²) in [6, 6.07) is -0.474. The highest BCUT2D eigenvalue weighted by Crippen LogP contribution is 2.37. The number of nitrogens with one attached hydrogen (secondary N) is 2. The molecule has 12 heteroatoms. The Bertz CT molecular complexity index is 954. The van der Waals surface area contributed by atoms with E-state index in [9.17, 15) is 29.1 Å². The van der Waals surface area contributed by atoms with Crippen molar-refractivity contribution in [1.29, 1.82) is 0 Å². The van der Waals surface area contributed by atoms with Crippen LogP contribution in [0.1, 0.15) is 43.5 Å². The molecule has 192 valence electrons. The van der Waals surface area contributed by atoms with Gasteiger partial charge in [0, 0.05) is 12.1 Å². The number of carboxylic acid groups (broad SMARTS) is 1. The number of phenols is 1. The number of hydrogen-bond donors (Lipinski definition) is 4. The molecular weight excluding hydrogens is 462 g/mol. The number of likely N-dealkylation sites (tertiary alicyclic amines) is 1. The molecule has 3 atom stereocenters. The summed E-state index contributed by atoms with van der Waals surface area (Å²) >= 11 is 0. The van der Waals surface area contributed by atoms with E-state index in [1.165, 1.54) is 31.3 Å². The number of aldehydes is 1. The summed E-state index contributed by atoms with van der Waals surface area (Å²) in [6.07, 6.45) is 0.631. The molecule has 1 heterocycles. The number of aromatic hydroxyl groups is 1. The van der Waals surface area contributed by atoms with Gasteiger partial charge >= 0.3 is 5.97 Å². The first-order valence-corrected chi connectivity index (χ1v) is 11.1. The van der Waals surface area contributed by atoms with E-state index in [0.29, 0.717) is 19.1 Å². The Labute approximate surface area is 202 Å². The van der Waals surface area contributed by atoms with Crippen molar-refractivity contribution >= 4 is 30.0 Å². The molecule has 1 fully saturated rings. The van der Waals surface area contributed by atoms with Crippen molar-refractivity contribution in [2.24, 2.45) is 5.92 Å². The van der Waals surface area contributed by atoms with Crippen LogP contribution >= 0.6 is 0 Å². The number of methoxy groups -OCH3 is 2. The number of nitrogens with zero attached hydrogens (tertiary/aromatic N) is 1. The quantitative estimate of drug-likeness (QED) is 0.317. The third kappa shape index (κ3) is 6.61. The summed E-state index contributed by atoms with van der Waals surface area (Å²) in [5.74, 6) is -3.55. The Kier molecular flexibility index (Phi) is 9.43. The zero-order chi connectivity index (χ0) is 26.3. The van der Waals surface area contributed by atoms with E-state index in [0.717, 1.165) is 0 Å². The van der Waals surface area contributed by atoms with Crippen molar-refractivity contribution in [3.63, 3.8) is 0 Å². The molecular formula is C23H31N3O9. The zero-order valence-electron chi connectivity index (χ0n) is 20.1. The van der Waals surface area contributed by atoms with Crippen LogP contribution in [0.15, 0.2) is 12.1 Å². The number of amides is 3. The first kappa shape index (κ1) is 27.4. The smallest absolute Gasteiger partial charge is 0.305 e. The summed E-state index contributed by atoms with van der Waals surface area (Å²) in [5, 5.41) is 24.0. The minimum atomic E-state index is -1.24. The first-order chi connectivity index (χ1) is 16.5. The van der Waals surface area contributed by atoms with Gasteiger partial charge in [-0.1, -0.05) is 13.8 Å². The Morgan fingerprint density at radius 1 is 1.14 bits per heavy atom. The average Bonchev–Trinajstić information content (AvgIpc) is 3.31. The second kappa shape index (κ2) is 12.0. The van der Waals surface area contributed by atoms with Crippen LogP contribution in [0.2, 0.25) is 0 Å². The molecule has 3 amide bonds. The van der Waals surface area contributed by atoms with Crippen molar-refractivity contribution in [3.8, 4) is 17.2 Å². The van der Waals surface area contributed by atoms with Crippen LogP contribution in [0.5, 0.6) is 17.2 Å². The van der Waals surface area contributed by atoms with Crippen molar-refractivity contribution in [1.82, 2.24) is 15.5 Å². The maximum Gasteiger partial charge on any atom is 0.305 e. The SMILES string of the molecule is COc1cc(C(=O)N[C@H](C(=O)N2CCCC2C(=O)NC(C=O)CC(=O)O)C(C)C)cc(OC)c1O. The maximum atomic E-state index is 13.4. The van der Waals surface area contributed by atoms with Crippen LogP contribution in [0, 0.1) is 5.92 Å². The highest BCUT2D eigenvalue weighted by Gasteiger charge is 2.39. The Balaban J connectivity index is 2.21. The number of hydrogen-bond acceptors (Lipinski definition) is 8. The number of aliphatic carboxylic acids is 1. The predicted octanol–water partition coefficient (Wildman–Crippen LogP) is 0.313. The Hall–Kier alpha value is -3.83. The van der Waals surface area contributed by atoms with Crippen LogP contribution in [-0.4, -0.2) is 84.0 Å². The van der Waals surface area contributed by atoms with Gasteiger partial charge < -0.3 is 40.0 Å². The number of benzene rings is 1.